The standard InChI is InChI=1S/C35H58O6/c1-28(2,3)27(38)40-23-12-14-35-19-34(35)16-15-31(8)26(33(10)13-11-24(41-33)30(6,7)39)21(37)18-32(31,9)22(34)17-20(36)25(35)29(23,4)5/h20-26,36-37,39H,11-19H2,1-10H3/t20-,21-,22-,23?,24-,25-,26-,31+,32-,33+,34-,35?/m0/s1. The Kier molecular flexibility index (Phi) is 6.30. The highest BCUT2D eigenvalue weighted by molar-refractivity contribution is 5.75. The fourth-order valence-corrected chi connectivity index (χ4v) is 12.6. The lowest BCUT2D eigenvalue weighted by Crippen LogP contribution is -2.62. The van der Waals surface area contributed by atoms with Crippen molar-refractivity contribution in [1.29, 1.82) is 0 Å². The number of hydrogen-bond donors (Lipinski definition) is 3. The van der Waals surface area contributed by atoms with E-state index in [-0.39, 0.29) is 57.1 Å². The molecule has 5 aliphatic carbocycles. The van der Waals surface area contributed by atoms with Crippen molar-refractivity contribution in [3.63, 3.8) is 0 Å². The molecule has 6 aliphatic rings. The molecule has 2 unspecified atom stereocenters. The van der Waals surface area contributed by atoms with Gasteiger partial charge in [-0.15, -0.1) is 0 Å². The fourth-order valence-electron chi connectivity index (χ4n) is 12.6. The van der Waals surface area contributed by atoms with Crippen molar-refractivity contribution in [1.82, 2.24) is 0 Å². The number of carbonyl (C=O) groups excluding carboxylic acids is 1. The maximum absolute atomic E-state index is 12.9. The van der Waals surface area contributed by atoms with Crippen molar-refractivity contribution < 1.29 is 29.6 Å². The van der Waals surface area contributed by atoms with Crippen LogP contribution in [0.4, 0.5) is 0 Å². The van der Waals surface area contributed by atoms with Crippen LogP contribution in [0.2, 0.25) is 0 Å². The van der Waals surface area contributed by atoms with Crippen molar-refractivity contribution in [2.24, 2.45) is 50.2 Å². The molecule has 41 heavy (non-hydrogen) atoms. The molecule has 234 valence electrons. The number of aliphatic hydroxyl groups is 3. The summed E-state index contributed by atoms with van der Waals surface area (Å²) < 4.78 is 12.9. The molecule has 6 fully saturated rings. The van der Waals surface area contributed by atoms with Gasteiger partial charge in [-0.25, -0.2) is 0 Å². The number of ether oxygens (including phenoxy) is 2. The first-order valence-corrected chi connectivity index (χ1v) is 16.6. The van der Waals surface area contributed by atoms with E-state index in [2.05, 4.69) is 34.6 Å². The summed E-state index contributed by atoms with van der Waals surface area (Å²) >= 11 is 0. The molecule has 0 bridgehead atoms. The summed E-state index contributed by atoms with van der Waals surface area (Å²) in [4.78, 5) is 12.9. The summed E-state index contributed by atoms with van der Waals surface area (Å²) in [5.74, 6) is 0.301. The number of aliphatic hydroxyl groups excluding tert-OH is 2. The van der Waals surface area contributed by atoms with Crippen molar-refractivity contribution in [2.45, 2.75) is 163 Å². The van der Waals surface area contributed by atoms with Crippen LogP contribution in [0.1, 0.15) is 127 Å². The highest BCUT2D eigenvalue weighted by atomic mass is 16.5. The molecule has 0 radical (unpaired) electrons. The van der Waals surface area contributed by atoms with Gasteiger partial charge in [0, 0.05) is 11.3 Å². The minimum absolute atomic E-state index is 0.00162. The quantitative estimate of drug-likeness (QED) is 0.356. The lowest BCUT2D eigenvalue weighted by Gasteiger charge is -2.64. The zero-order chi connectivity index (χ0) is 30.4. The average Bonchev–Trinajstić information content (AvgIpc) is 3.17. The molecule has 6 rings (SSSR count). The van der Waals surface area contributed by atoms with Crippen LogP contribution in [0.3, 0.4) is 0 Å². The molecule has 0 amide bonds. The van der Waals surface area contributed by atoms with Gasteiger partial charge in [0.25, 0.3) is 0 Å². The van der Waals surface area contributed by atoms with Gasteiger partial charge < -0.3 is 24.8 Å². The van der Waals surface area contributed by atoms with Crippen molar-refractivity contribution in [3.05, 3.63) is 0 Å². The zero-order valence-electron chi connectivity index (χ0n) is 27.5. The van der Waals surface area contributed by atoms with Crippen molar-refractivity contribution >= 4 is 5.97 Å². The predicted molar refractivity (Wildman–Crippen MR) is 158 cm³/mol. The largest absolute Gasteiger partial charge is 0.461 e. The molecule has 6 heteroatoms. The van der Waals surface area contributed by atoms with Gasteiger partial charge in [0.15, 0.2) is 0 Å². The monoisotopic (exact) mass is 574 g/mol. The second kappa shape index (κ2) is 8.52. The Morgan fingerprint density at radius 3 is 2.07 bits per heavy atom. The lowest BCUT2D eigenvalue weighted by atomic mass is 9.41. The van der Waals surface area contributed by atoms with E-state index in [0.29, 0.717) is 5.92 Å². The molecule has 2 spiro atoms. The third-order valence-corrected chi connectivity index (χ3v) is 14.6. The van der Waals surface area contributed by atoms with E-state index in [0.717, 1.165) is 57.8 Å². The third-order valence-electron chi connectivity index (χ3n) is 14.6. The van der Waals surface area contributed by atoms with E-state index in [1.807, 2.05) is 34.6 Å². The van der Waals surface area contributed by atoms with E-state index < -0.39 is 28.8 Å². The van der Waals surface area contributed by atoms with Gasteiger partial charge in [-0.05, 0) is 133 Å². The van der Waals surface area contributed by atoms with Crippen LogP contribution in [-0.2, 0) is 14.3 Å². The van der Waals surface area contributed by atoms with Crippen molar-refractivity contribution in [3.8, 4) is 0 Å². The highest BCUT2D eigenvalue weighted by Crippen LogP contribution is 2.89. The van der Waals surface area contributed by atoms with E-state index in [4.69, 9.17) is 9.47 Å². The molecule has 1 saturated heterocycles. The summed E-state index contributed by atoms with van der Waals surface area (Å²) in [6.07, 6.45) is 7.04. The summed E-state index contributed by atoms with van der Waals surface area (Å²) in [7, 11) is 0. The van der Waals surface area contributed by atoms with Gasteiger partial charge in [-0.2, -0.15) is 0 Å². The first-order chi connectivity index (χ1) is 18.6. The number of hydrogen-bond acceptors (Lipinski definition) is 6. The number of fused-ring (bicyclic) bond motifs is 2. The first kappa shape index (κ1) is 30.3. The number of carbonyl (C=O) groups is 1. The topological polar surface area (TPSA) is 96.2 Å². The van der Waals surface area contributed by atoms with Crippen LogP contribution < -0.4 is 0 Å². The third kappa shape index (κ3) is 3.78. The van der Waals surface area contributed by atoms with E-state index in [1.54, 1.807) is 0 Å². The normalized spacial score (nSPS) is 54.0. The molecular formula is C35H58O6. The predicted octanol–water partition coefficient (Wildman–Crippen LogP) is 6.03. The average molecular weight is 575 g/mol. The second-order valence-corrected chi connectivity index (χ2v) is 18.5. The van der Waals surface area contributed by atoms with Gasteiger partial charge in [0.2, 0.25) is 0 Å². The Balaban J connectivity index is 1.31. The van der Waals surface area contributed by atoms with Gasteiger partial charge in [0.05, 0.1) is 34.9 Å². The SMILES string of the molecule is CC(C)(C)C(=O)OC1CCC23C[C@]24CC[C@]2(C)[C@@H]([C@@]5(C)CC[C@@H](C(C)(C)O)O5)[C@@H](O)C[C@@]2(C)[C@@H]4C[C@H](O)[C@H]3C1(C)C. The van der Waals surface area contributed by atoms with Crippen LogP contribution in [0.15, 0.2) is 0 Å². The summed E-state index contributed by atoms with van der Waals surface area (Å²) in [5, 5.41) is 34.7. The number of esters is 1. The minimum atomic E-state index is -0.905. The van der Waals surface area contributed by atoms with Gasteiger partial charge in [-0.1, -0.05) is 27.7 Å². The Morgan fingerprint density at radius 2 is 1.49 bits per heavy atom. The molecular weight excluding hydrogens is 516 g/mol. The van der Waals surface area contributed by atoms with Gasteiger partial charge >= 0.3 is 5.97 Å². The molecule has 0 aromatic carbocycles. The molecule has 0 aromatic heterocycles. The minimum Gasteiger partial charge on any atom is -0.461 e. The molecule has 1 heterocycles. The smallest absolute Gasteiger partial charge is 0.311 e. The summed E-state index contributed by atoms with van der Waals surface area (Å²) in [5.41, 5.74) is -2.19. The first-order valence-electron chi connectivity index (χ1n) is 16.6. The summed E-state index contributed by atoms with van der Waals surface area (Å²) in [6.45, 7) is 20.9. The molecule has 1 aliphatic heterocycles. The Morgan fingerprint density at radius 1 is 0.829 bits per heavy atom. The Hall–Kier alpha value is -0.690. The highest BCUT2D eigenvalue weighted by Gasteiger charge is 2.85. The van der Waals surface area contributed by atoms with Crippen LogP contribution >= 0.6 is 0 Å². The van der Waals surface area contributed by atoms with Crippen LogP contribution in [0.5, 0.6) is 0 Å². The molecule has 3 N–H and O–H groups in total. The van der Waals surface area contributed by atoms with E-state index in [9.17, 15) is 20.1 Å². The maximum Gasteiger partial charge on any atom is 0.311 e. The number of rotatable bonds is 3. The lowest BCUT2D eigenvalue weighted by molar-refractivity contribution is -0.220. The molecule has 0 aromatic rings. The Bertz CT molecular complexity index is 1100. The van der Waals surface area contributed by atoms with Crippen LogP contribution in [0.25, 0.3) is 0 Å². The molecule has 5 saturated carbocycles. The summed E-state index contributed by atoms with van der Waals surface area (Å²) in [6, 6.07) is 0. The van der Waals surface area contributed by atoms with E-state index in [1.165, 1.54) is 0 Å². The van der Waals surface area contributed by atoms with E-state index >= 15 is 0 Å². The second-order valence-electron chi connectivity index (χ2n) is 18.5. The fraction of sp³-hybridized carbons (Fsp3) is 0.971. The van der Waals surface area contributed by atoms with Crippen LogP contribution in [0, 0.1) is 50.2 Å². The van der Waals surface area contributed by atoms with Gasteiger partial charge in [-0.3, -0.25) is 4.79 Å². The van der Waals surface area contributed by atoms with Crippen molar-refractivity contribution in [2.75, 3.05) is 0 Å². The van der Waals surface area contributed by atoms with Crippen LogP contribution in [-0.4, -0.2) is 56.9 Å². The van der Waals surface area contributed by atoms with Gasteiger partial charge in [0.1, 0.15) is 6.10 Å². The molecule has 6 nitrogen and oxygen atoms in total. The zero-order valence-corrected chi connectivity index (χ0v) is 27.5. The Labute approximate surface area is 248 Å². The maximum atomic E-state index is 12.9. The molecule has 12 atom stereocenters.